The molecule has 4 N–H and O–H groups in total. The molecule has 1 fully saturated rings. The molecule has 0 spiro atoms. The summed E-state index contributed by atoms with van der Waals surface area (Å²) in [7, 11) is -3.75. The van der Waals surface area contributed by atoms with Crippen molar-refractivity contribution in [2.45, 2.75) is 42.7 Å². The van der Waals surface area contributed by atoms with E-state index in [2.05, 4.69) is 10.3 Å². The number of hydrogen-bond donors (Lipinski definition) is 3. The van der Waals surface area contributed by atoms with Crippen LogP contribution < -0.4 is 11.1 Å². The molecule has 4 rings (SSSR count). The molecule has 1 saturated carbocycles. The Bertz CT molecular complexity index is 1060. The van der Waals surface area contributed by atoms with Gasteiger partial charge in [0.05, 0.1) is 28.6 Å². The first kappa shape index (κ1) is 17.8. The first-order chi connectivity index (χ1) is 13.0. The van der Waals surface area contributed by atoms with Gasteiger partial charge in [-0.15, -0.1) is 0 Å². The molecule has 1 aliphatic carbocycles. The lowest BCUT2D eigenvalue weighted by atomic mass is 9.93. The Labute approximate surface area is 157 Å². The van der Waals surface area contributed by atoms with Crippen LogP contribution in [0.1, 0.15) is 25.7 Å². The van der Waals surface area contributed by atoms with Crippen molar-refractivity contribution in [2.75, 3.05) is 11.1 Å². The van der Waals surface area contributed by atoms with Crippen molar-refractivity contribution in [3.63, 3.8) is 0 Å². The van der Waals surface area contributed by atoms with Gasteiger partial charge in [0.2, 0.25) is 0 Å². The van der Waals surface area contributed by atoms with E-state index in [9.17, 15) is 13.5 Å². The second kappa shape index (κ2) is 6.86. The number of fused-ring (bicyclic) bond motifs is 1. The van der Waals surface area contributed by atoms with Gasteiger partial charge in [0.25, 0.3) is 10.0 Å². The van der Waals surface area contributed by atoms with Gasteiger partial charge < -0.3 is 16.2 Å². The van der Waals surface area contributed by atoms with Crippen molar-refractivity contribution in [1.82, 2.24) is 8.96 Å². The van der Waals surface area contributed by atoms with Gasteiger partial charge in [-0.1, -0.05) is 18.2 Å². The highest BCUT2D eigenvalue weighted by molar-refractivity contribution is 7.90. The number of aromatic nitrogens is 2. The zero-order valence-electron chi connectivity index (χ0n) is 14.7. The molecule has 142 valence electrons. The molecular formula is C19H22N4O3S. The summed E-state index contributed by atoms with van der Waals surface area (Å²) < 4.78 is 27.1. The van der Waals surface area contributed by atoms with Crippen LogP contribution in [0.2, 0.25) is 0 Å². The van der Waals surface area contributed by atoms with E-state index < -0.39 is 10.0 Å². The number of pyridine rings is 1. The predicted octanol–water partition coefficient (Wildman–Crippen LogP) is 2.57. The molecule has 7 nitrogen and oxygen atoms in total. The van der Waals surface area contributed by atoms with E-state index in [1.807, 2.05) is 0 Å². The van der Waals surface area contributed by atoms with Crippen LogP contribution >= 0.6 is 0 Å². The minimum atomic E-state index is -3.75. The number of rotatable bonds is 4. The molecule has 2 atom stereocenters. The van der Waals surface area contributed by atoms with E-state index >= 15 is 0 Å². The number of nitrogen functional groups attached to an aromatic ring is 1. The van der Waals surface area contributed by atoms with Crippen LogP contribution in [0.4, 0.5) is 11.4 Å². The summed E-state index contributed by atoms with van der Waals surface area (Å²) in [6.07, 6.45) is 5.98. The van der Waals surface area contributed by atoms with Crippen LogP contribution in [-0.4, -0.2) is 34.6 Å². The van der Waals surface area contributed by atoms with Crippen molar-refractivity contribution in [3.05, 3.63) is 48.8 Å². The smallest absolute Gasteiger partial charge is 0.269 e. The molecule has 1 aromatic carbocycles. The van der Waals surface area contributed by atoms with Crippen LogP contribution in [0.15, 0.2) is 53.7 Å². The number of nitrogens with zero attached hydrogens (tertiary/aromatic N) is 2. The average molecular weight is 386 g/mol. The number of aliphatic hydroxyl groups excluding tert-OH is 1. The Hall–Kier alpha value is -2.58. The van der Waals surface area contributed by atoms with Gasteiger partial charge in [-0.05, 0) is 43.9 Å². The van der Waals surface area contributed by atoms with Gasteiger partial charge in [0, 0.05) is 17.6 Å². The molecule has 0 radical (unpaired) electrons. The fourth-order valence-electron chi connectivity index (χ4n) is 3.64. The van der Waals surface area contributed by atoms with E-state index in [0.29, 0.717) is 28.8 Å². The standard InChI is InChI=1S/C19H22N4O3S/c20-17-12-21-19-16(18(17)22-13-5-4-6-14(24)11-13)9-10-23(19)27(25,26)15-7-2-1-3-8-15/h1-3,7-10,12-14,24H,4-6,11,20H2,(H,21,22)/t13-,14-/m1/s1. The number of nitrogens with one attached hydrogen (secondary N) is 1. The lowest BCUT2D eigenvalue weighted by Gasteiger charge is -2.28. The van der Waals surface area contributed by atoms with Gasteiger partial charge in [0.1, 0.15) is 0 Å². The fraction of sp³-hybridized carbons (Fsp3) is 0.316. The van der Waals surface area contributed by atoms with Crippen LogP contribution in [0, 0.1) is 0 Å². The third kappa shape index (κ3) is 3.26. The number of benzene rings is 1. The third-order valence-corrected chi connectivity index (χ3v) is 6.69. The predicted molar refractivity (Wildman–Crippen MR) is 105 cm³/mol. The highest BCUT2D eigenvalue weighted by atomic mass is 32.2. The van der Waals surface area contributed by atoms with Crippen molar-refractivity contribution in [3.8, 4) is 0 Å². The summed E-state index contributed by atoms with van der Waals surface area (Å²) in [5.74, 6) is 0. The Balaban J connectivity index is 1.76. The summed E-state index contributed by atoms with van der Waals surface area (Å²) in [6, 6.07) is 10.1. The summed E-state index contributed by atoms with van der Waals surface area (Å²) >= 11 is 0. The Morgan fingerprint density at radius 1 is 1.19 bits per heavy atom. The Kier molecular flexibility index (Phi) is 4.53. The minimum absolute atomic E-state index is 0.0933. The molecule has 0 bridgehead atoms. The summed E-state index contributed by atoms with van der Waals surface area (Å²) in [6.45, 7) is 0. The largest absolute Gasteiger partial charge is 0.396 e. The number of hydrogen-bond acceptors (Lipinski definition) is 6. The molecule has 0 unspecified atom stereocenters. The summed E-state index contributed by atoms with van der Waals surface area (Å²) in [4.78, 5) is 4.47. The van der Waals surface area contributed by atoms with Gasteiger partial charge in [-0.3, -0.25) is 0 Å². The minimum Gasteiger partial charge on any atom is -0.396 e. The first-order valence-electron chi connectivity index (χ1n) is 8.97. The van der Waals surface area contributed by atoms with E-state index in [1.165, 1.54) is 16.4 Å². The van der Waals surface area contributed by atoms with Crippen LogP contribution in [0.5, 0.6) is 0 Å². The molecule has 0 amide bonds. The lowest BCUT2D eigenvalue weighted by Crippen LogP contribution is -2.30. The van der Waals surface area contributed by atoms with E-state index in [4.69, 9.17) is 5.73 Å². The molecular weight excluding hydrogens is 364 g/mol. The topological polar surface area (TPSA) is 110 Å². The zero-order chi connectivity index (χ0) is 19.0. The second-order valence-corrected chi connectivity index (χ2v) is 8.73. The zero-order valence-corrected chi connectivity index (χ0v) is 15.6. The molecule has 2 aromatic heterocycles. The monoisotopic (exact) mass is 386 g/mol. The molecule has 8 heteroatoms. The van der Waals surface area contributed by atoms with E-state index in [0.717, 1.165) is 19.3 Å². The average Bonchev–Trinajstić information content (AvgIpc) is 3.10. The first-order valence-corrected chi connectivity index (χ1v) is 10.4. The van der Waals surface area contributed by atoms with Crippen LogP contribution in [0.25, 0.3) is 11.0 Å². The van der Waals surface area contributed by atoms with Crippen LogP contribution in [-0.2, 0) is 10.0 Å². The normalized spacial score (nSPS) is 20.6. The van der Waals surface area contributed by atoms with Crippen LogP contribution in [0.3, 0.4) is 0 Å². The Morgan fingerprint density at radius 3 is 2.70 bits per heavy atom. The van der Waals surface area contributed by atoms with Gasteiger partial charge in [-0.25, -0.2) is 17.4 Å². The van der Waals surface area contributed by atoms with E-state index in [1.54, 1.807) is 36.4 Å². The highest BCUT2D eigenvalue weighted by Crippen LogP contribution is 2.33. The molecule has 3 aromatic rings. The SMILES string of the molecule is Nc1cnc2c(ccn2S(=O)(=O)c2ccccc2)c1N[C@@H]1CCC[C@@H](O)C1. The fourth-order valence-corrected chi connectivity index (χ4v) is 4.96. The third-order valence-electron chi connectivity index (χ3n) is 5.01. The molecule has 27 heavy (non-hydrogen) atoms. The quantitative estimate of drug-likeness (QED) is 0.636. The lowest BCUT2D eigenvalue weighted by molar-refractivity contribution is 0.124. The molecule has 2 heterocycles. The van der Waals surface area contributed by atoms with Gasteiger partial charge in [-0.2, -0.15) is 0 Å². The maximum atomic E-state index is 13.0. The maximum absolute atomic E-state index is 13.0. The van der Waals surface area contributed by atoms with Crippen molar-refractivity contribution in [2.24, 2.45) is 0 Å². The highest BCUT2D eigenvalue weighted by Gasteiger charge is 2.24. The number of nitrogens with two attached hydrogens (primary N) is 1. The molecule has 1 aliphatic rings. The van der Waals surface area contributed by atoms with Crippen molar-refractivity contribution >= 4 is 32.4 Å². The molecule has 0 saturated heterocycles. The van der Waals surface area contributed by atoms with Crippen molar-refractivity contribution < 1.29 is 13.5 Å². The number of anilines is 2. The number of aliphatic hydroxyl groups is 1. The summed E-state index contributed by atoms with van der Waals surface area (Å²) in [5, 5.41) is 14.0. The summed E-state index contributed by atoms with van der Waals surface area (Å²) in [5.41, 5.74) is 7.57. The maximum Gasteiger partial charge on any atom is 0.269 e. The van der Waals surface area contributed by atoms with E-state index in [-0.39, 0.29) is 17.0 Å². The molecule has 0 aliphatic heterocycles. The van der Waals surface area contributed by atoms with Gasteiger partial charge >= 0.3 is 0 Å². The van der Waals surface area contributed by atoms with Crippen molar-refractivity contribution in [1.29, 1.82) is 0 Å². The second-order valence-electron chi connectivity index (χ2n) is 6.92. The van der Waals surface area contributed by atoms with Gasteiger partial charge in [0.15, 0.2) is 5.65 Å². The Morgan fingerprint density at radius 2 is 1.96 bits per heavy atom.